The maximum atomic E-state index is 13.3. The van der Waals surface area contributed by atoms with E-state index in [0.717, 1.165) is 30.2 Å². The Morgan fingerprint density at radius 1 is 1.19 bits per heavy atom. The van der Waals surface area contributed by atoms with Crippen molar-refractivity contribution < 1.29 is 0 Å². The number of hydrogen-bond donors (Lipinski definition) is 0. The third-order valence-electron chi connectivity index (χ3n) is 5.87. The molecule has 6 heteroatoms. The summed E-state index contributed by atoms with van der Waals surface area (Å²) < 4.78 is 5.76. The molecule has 0 amide bonds. The molecule has 1 fully saturated rings. The fourth-order valence-corrected chi connectivity index (χ4v) is 4.18. The first-order valence-electron chi connectivity index (χ1n) is 9.63. The predicted octanol–water partition coefficient (Wildman–Crippen LogP) is 2.83. The van der Waals surface area contributed by atoms with E-state index in [4.69, 9.17) is 0 Å². The SMILES string of the molecule is Cc1c(-c2nccn2CC[C@H]2CCCN2C)c(=O)n(-c2ccccc2)n1C. The molecule has 142 valence electrons. The minimum absolute atomic E-state index is 0.0216. The van der Waals surface area contributed by atoms with Crippen LogP contribution in [0.2, 0.25) is 0 Å². The Morgan fingerprint density at radius 3 is 2.67 bits per heavy atom. The molecular weight excluding hydrogens is 338 g/mol. The molecule has 1 aliphatic rings. The van der Waals surface area contributed by atoms with Crippen molar-refractivity contribution in [2.24, 2.45) is 7.05 Å². The van der Waals surface area contributed by atoms with E-state index in [1.54, 1.807) is 10.9 Å². The van der Waals surface area contributed by atoms with Gasteiger partial charge in [-0.3, -0.25) is 9.48 Å². The van der Waals surface area contributed by atoms with Gasteiger partial charge in [-0.05, 0) is 51.9 Å². The monoisotopic (exact) mass is 365 g/mol. The van der Waals surface area contributed by atoms with Crippen LogP contribution in [-0.4, -0.2) is 43.4 Å². The van der Waals surface area contributed by atoms with Crippen molar-refractivity contribution in [2.45, 2.75) is 38.8 Å². The summed E-state index contributed by atoms with van der Waals surface area (Å²) in [4.78, 5) is 20.2. The summed E-state index contributed by atoms with van der Waals surface area (Å²) in [5, 5.41) is 0. The van der Waals surface area contributed by atoms with Crippen LogP contribution in [0.5, 0.6) is 0 Å². The molecule has 1 atom stereocenters. The summed E-state index contributed by atoms with van der Waals surface area (Å²) in [6.45, 7) is 4.05. The van der Waals surface area contributed by atoms with Crippen LogP contribution in [0, 0.1) is 6.92 Å². The molecule has 3 heterocycles. The van der Waals surface area contributed by atoms with Crippen LogP contribution in [0.15, 0.2) is 47.5 Å². The molecule has 0 spiro atoms. The zero-order valence-electron chi connectivity index (χ0n) is 16.3. The molecule has 6 nitrogen and oxygen atoms in total. The summed E-state index contributed by atoms with van der Waals surface area (Å²) >= 11 is 0. The van der Waals surface area contributed by atoms with Gasteiger partial charge in [0, 0.05) is 37.7 Å². The molecule has 0 saturated carbocycles. The number of hydrogen-bond acceptors (Lipinski definition) is 3. The number of nitrogens with zero attached hydrogens (tertiary/aromatic N) is 5. The lowest BCUT2D eigenvalue weighted by molar-refractivity contribution is 0.286. The number of imidazole rings is 1. The van der Waals surface area contributed by atoms with Gasteiger partial charge in [-0.25, -0.2) is 9.67 Å². The maximum Gasteiger partial charge on any atom is 0.282 e. The van der Waals surface area contributed by atoms with Gasteiger partial charge in [0.05, 0.1) is 5.69 Å². The van der Waals surface area contributed by atoms with Crippen molar-refractivity contribution >= 4 is 0 Å². The standard InChI is InChI=1S/C21H27N5O/c1-16-19(21(27)26(24(16)3)18-8-5-4-6-9-18)20-22-12-15-25(20)14-11-17-10-7-13-23(17)2/h4-6,8-9,12,15,17H,7,10-11,13-14H2,1-3H3/t17-/m1/s1. The highest BCUT2D eigenvalue weighted by molar-refractivity contribution is 5.59. The fraction of sp³-hybridized carbons (Fsp3) is 0.429. The van der Waals surface area contributed by atoms with E-state index < -0.39 is 0 Å². The van der Waals surface area contributed by atoms with Crippen molar-refractivity contribution in [3.63, 3.8) is 0 Å². The number of aromatic nitrogens is 4. The highest BCUT2D eigenvalue weighted by atomic mass is 16.1. The Bertz CT molecular complexity index is 982. The largest absolute Gasteiger partial charge is 0.331 e. The molecule has 1 aromatic carbocycles. The van der Waals surface area contributed by atoms with E-state index in [2.05, 4.69) is 21.5 Å². The van der Waals surface area contributed by atoms with E-state index in [-0.39, 0.29) is 5.56 Å². The van der Waals surface area contributed by atoms with Crippen molar-refractivity contribution in [1.82, 2.24) is 23.8 Å². The molecule has 1 saturated heterocycles. The van der Waals surface area contributed by atoms with Crippen LogP contribution in [0.3, 0.4) is 0 Å². The van der Waals surface area contributed by atoms with Gasteiger partial charge in [0.2, 0.25) is 0 Å². The third-order valence-corrected chi connectivity index (χ3v) is 5.87. The van der Waals surface area contributed by atoms with Gasteiger partial charge in [0.1, 0.15) is 11.4 Å². The van der Waals surface area contributed by atoms with Gasteiger partial charge in [-0.2, -0.15) is 0 Å². The lowest BCUT2D eigenvalue weighted by Crippen LogP contribution is -2.26. The van der Waals surface area contributed by atoms with Crippen molar-refractivity contribution in [2.75, 3.05) is 13.6 Å². The first-order valence-corrected chi connectivity index (χ1v) is 9.63. The van der Waals surface area contributed by atoms with Gasteiger partial charge in [0.15, 0.2) is 0 Å². The number of benzene rings is 1. The molecule has 0 N–H and O–H groups in total. The first kappa shape index (κ1) is 17.8. The predicted molar refractivity (Wildman–Crippen MR) is 107 cm³/mol. The Hall–Kier alpha value is -2.60. The fourth-order valence-electron chi connectivity index (χ4n) is 4.18. The Morgan fingerprint density at radius 2 is 1.96 bits per heavy atom. The minimum Gasteiger partial charge on any atom is -0.331 e. The van der Waals surface area contributed by atoms with Crippen LogP contribution in [0.4, 0.5) is 0 Å². The van der Waals surface area contributed by atoms with Gasteiger partial charge in [-0.1, -0.05) is 18.2 Å². The van der Waals surface area contributed by atoms with E-state index in [0.29, 0.717) is 11.6 Å². The van der Waals surface area contributed by atoms with Crippen molar-refractivity contribution in [1.29, 1.82) is 0 Å². The van der Waals surface area contributed by atoms with Crippen LogP contribution in [0.25, 0.3) is 17.1 Å². The lowest BCUT2D eigenvalue weighted by Gasteiger charge is -2.19. The highest BCUT2D eigenvalue weighted by Crippen LogP contribution is 2.23. The quantitative estimate of drug-likeness (QED) is 0.699. The maximum absolute atomic E-state index is 13.3. The second-order valence-corrected chi connectivity index (χ2v) is 7.45. The topological polar surface area (TPSA) is 48.0 Å². The van der Waals surface area contributed by atoms with Crippen LogP contribution < -0.4 is 5.56 Å². The normalized spacial score (nSPS) is 17.7. The summed E-state index contributed by atoms with van der Waals surface area (Å²) in [5.74, 6) is 0.767. The second kappa shape index (κ2) is 7.19. The Labute approximate surface area is 159 Å². The van der Waals surface area contributed by atoms with E-state index in [9.17, 15) is 4.79 Å². The molecule has 2 aromatic heterocycles. The average molecular weight is 365 g/mol. The van der Waals surface area contributed by atoms with Gasteiger partial charge in [0.25, 0.3) is 5.56 Å². The van der Waals surface area contributed by atoms with E-state index in [1.165, 1.54) is 19.4 Å². The third kappa shape index (κ3) is 3.14. The zero-order valence-corrected chi connectivity index (χ0v) is 16.3. The molecular formula is C21H27N5O. The van der Waals surface area contributed by atoms with Crippen molar-refractivity contribution in [3.05, 3.63) is 58.8 Å². The van der Waals surface area contributed by atoms with Crippen LogP contribution in [0.1, 0.15) is 25.0 Å². The second-order valence-electron chi connectivity index (χ2n) is 7.45. The molecule has 4 rings (SSSR count). The van der Waals surface area contributed by atoms with Gasteiger partial charge >= 0.3 is 0 Å². The molecule has 0 bridgehead atoms. The van der Waals surface area contributed by atoms with Gasteiger partial charge < -0.3 is 9.47 Å². The first-order chi connectivity index (χ1) is 13.1. The van der Waals surface area contributed by atoms with E-state index in [1.807, 2.05) is 55.2 Å². The molecule has 3 aromatic rings. The molecule has 0 unspecified atom stereocenters. The van der Waals surface area contributed by atoms with Gasteiger partial charge in [-0.15, -0.1) is 0 Å². The van der Waals surface area contributed by atoms with Crippen LogP contribution >= 0.6 is 0 Å². The van der Waals surface area contributed by atoms with Crippen molar-refractivity contribution in [3.8, 4) is 17.1 Å². The molecule has 0 aliphatic carbocycles. The number of para-hydroxylation sites is 1. The molecule has 0 radical (unpaired) electrons. The summed E-state index contributed by atoms with van der Waals surface area (Å²) in [6.07, 6.45) is 7.40. The zero-order chi connectivity index (χ0) is 19.0. The summed E-state index contributed by atoms with van der Waals surface area (Å²) in [6, 6.07) is 10.4. The Kier molecular flexibility index (Phi) is 4.74. The number of aryl methyl sites for hydroxylation is 1. The average Bonchev–Trinajstić information content (AvgIpc) is 3.34. The van der Waals surface area contributed by atoms with Crippen LogP contribution in [-0.2, 0) is 13.6 Å². The Balaban J connectivity index is 1.69. The summed E-state index contributed by atoms with van der Waals surface area (Å²) in [7, 11) is 4.13. The highest BCUT2D eigenvalue weighted by Gasteiger charge is 2.23. The molecule has 27 heavy (non-hydrogen) atoms. The van der Waals surface area contributed by atoms with E-state index >= 15 is 0 Å². The lowest BCUT2D eigenvalue weighted by atomic mass is 10.1. The summed E-state index contributed by atoms with van der Waals surface area (Å²) in [5.41, 5.74) is 2.46. The smallest absolute Gasteiger partial charge is 0.282 e. The minimum atomic E-state index is -0.0216. The number of likely N-dealkylation sites (tertiary alicyclic amines) is 1. The molecule has 1 aliphatic heterocycles. The number of rotatable bonds is 5.